The lowest BCUT2D eigenvalue weighted by Crippen LogP contribution is -2.39. The van der Waals surface area contributed by atoms with Crippen molar-refractivity contribution in [1.29, 1.82) is 0 Å². The van der Waals surface area contributed by atoms with Crippen LogP contribution in [0.5, 0.6) is 0 Å². The summed E-state index contributed by atoms with van der Waals surface area (Å²) < 4.78 is 39.5. The molecule has 2 N–H and O–H groups in total. The van der Waals surface area contributed by atoms with Gasteiger partial charge in [0.05, 0.1) is 5.56 Å². The summed E-state index contributed by atoms with van der Waals surface area (Å²) in [4.78, 5) is 26.9. The molecule has 1 amide bonds. The first-order valence-electron chi connectivity index (χ1n) is 11.2. The van der Waals surface area contributed by atoms with Crippen molar-refractivity contribution in [3.63, 3.8) is 0 Å². The van der Waals surface area contributed by atoms with Gasteiger partial charge in [0.2, 0.25) is 0 Å². The maximum Gasteiger partial charge on any atom is 0.416 e. The molecule has 0 fully saturated rings. The second-order valence-electron chi connectivity index (χ2n) is 9.82. The third-order valence-electron chi connectivity index (χ3n) is 6.43. The SMILES string of the molecule is CC1=C(C(=O)Nc2cccc(C(F)(F)F)c2)C(c2ccccc2C)C2=C(CC(C)(C)CC2=O)N1. The fraction of sp³-hybridized carbons (Fsp3) is 0.333. The Morgan fingerprint density at radius 1 is 1.06 bits per heavy atom. The number of allylic oxidation sites excluding steroid dienone is 3. The van der Waals surface area contributed by atoms with E-state index in [1.807, 2.05) is 45.0 Å². The number of hydrogen-bond acceptors (Lipinski definition) is 3. The van der Waals surface area contributed by atoms with E-state index in [4.69, 9.17) is 0 Å². The van der Waals surface area contributed by atoms with Crippen LogP contribution >= 0.6 is 0 Å². The molecular weight excluding hydrogens is 441 g/mol. The summed E-state index contributed by atoms with van der Waals surface area (Å²) in [6.45, 7) is 7.76. The monoisotopic (exact) mass is 468 g/mol. The standard InChI is InChI=1S/C27H27F3N2O2/c1-15-8-5-6-11-19(15)23-22(16(2)31-20-13-26(3,4)14-21(33)24(20)23)25(34)32-18-10-7-9-17(12-18)27(28,29)30/h5-12,23,31H,13-14H2,1-4H3,(H,32,34). The number of benzene rings is 2. The van der Waals surface area contributed by atoms with Crippen molar-refractivity contribution in [3.8, 4) is 0 Å². The zero-order valence-corrected chi connectivity index (χ0v) is 19.6. The van der Waals surface area contributed by atoms with Gasteiger partial charge in [-0.2, -0.15) is 13.2 Å². The van der Waals surface area contributed by atoms with Crippen molar-refractivity contribution in [1.82, 2.24) is 5.32 Å². The lowest BCUT2D eigenvalue weighted by Gasteiger charge is -2.40. The van der Waals surface area contributed by atoms with Crippen LogP contribution in [0.25, 0.3) is 0 Å². The fourth-order valence-corrected chi connectivity index (χ4v) is 4.93. The molecule has 0 aromatic heterocycles. The summed E-state index contributed by atoms with van der Waals surface area (Å²) in [5.41, 5.74) is 3.03. The molecule has 178 valence electrons. The number of nitrogens with one attached hydrogen (secondary N) is 2. The highest BCUT2D eigenvalue weighted by molar-refractivity contribution is 6.10. The van der Waals surface area contributed by atoms with Crippen molar-refractivity contribution in [2.45, 2.75) is 52.6 Å². The fourth-order valence-electron chi connectivity index (χ4n) is 4.93. The molecule has 0 radical (unpaired) electrons. The molecule has 4 nitrogen and oxygen atoms in total. The highest BCUT2D eigenvalue weighted by atomic mass is 19.4. The average molecular weight is 469 g/mol. The summed E-state index contributed by atoms with van der Waals surface area (Å²) in [5, 5.41) is 5.90. The van der Waals surface area contributed by atoms with Gasteiger partial charge in [0.15, 0.2) is 5.78 Å². The molecule has 1 atom stereocenters. The summed E-state index contributed by atoms with van der Waals surface area (Å²) >= 11 is 0. The predicted molar refractivity (Wildman–Crippen MR) is 125 cm³/mol. The van der Waals surface area contributed by atoms with Crippen LogP contribution in [0.2, 0.25) is 0 Å². The van der Waals surface area contributed by atoms with Gasteiger partial charge < -0.3 is 10.6 Å². The van der Waals surface area contributed by atoms with Gasteiger partial charge in [-0.1, -0.05) is 44.2 Å². The van der Waals surface area contributed by atoms with Crippen molar-refractivity contribution in [2.24, 2.45) is 5.41 Å². The van der Waals surface area contributed by atoms with Crippen molar-refractivity contribution < 1.29 is 22.8 Å². The number of carbonyl (C=O) groups excluding carboxylic acids is 2. The zero-order chi connectivity index (χ0) is 24.8. The molecule has 1 aliphatic carbocycles. The van der Waals surface area contributed by atoms with Crippen LogP contribution in [-0.4, -0.2) is 11.7 Å². The molecule has 0 saturated carbocycles. The zero-order valence-electron chi connectivity index (χ0n) is 19.6. The van der Waals surface area contributed by atoms with Crippen molar-refractivity contribution in [2.75, 3.05) is 5.32 Å². The van der Waals surface area contributed by atoms with E-state index in [0.717, 1.165) is 29.0 Å². The molecule has 1 unspecified atom stereocenters. The van der Waals surface area contributed by atoms with Crippen molar-refractivity contribution in [3.05, 3.63) is 87.8 Å². The summed E-state index contributed by atoms with van der Waals surface area (Å²) in [5.74, 6) is -1.17. The van der Waals surface area contributed by atoms with E-state index in [1.54, 1.807) is 6.92 Å². The molecule has 2 aliphatic rings. The number of alkyl halides is 3. The van der Waals surface area contributed by atoms with Crippen LogP contribution in [0.1, 0.15) is 56.2 Å². The lowest BCUT2D eigenvalue weighted by atomic mass is 9.68. The van der Waals surface area contributed by atoms with Gasteiger partial charge in [-0.05, 0) is 55.0 Å². The van der Waals surface area contributed by atoms with Gasteiger partial charge in [-0.15, -0.1) is 0 Å². The molecule has 1 aliphatic heterocycles. The van der Waals surface area contributed by atoms with Crippen LogP contribution in [-0.2, 0) is 15.8 Å². The number of amides is 1. The van der Waals surface area contributed by atoms with Gasteiger partial charge in [-0.3, -0.25) is 9.59 Å². The first kappa shape index (κ1) is 23.8. The maximum absolute atomic E-state index is 13.5. The Bertz CT molecular complexity index is 1240. The molecule has 1 heterocycles. The Hall–Kier alpha value is -3.35. The van der Waals surface area contributed by atoms with Gasteiger partial charge in [0.1, 0.15) is 0 Å². The van der Waals surface area contributed by atoms with Crippen LogP contribution in [0, 0.1) is 12.3 Å². The minimum Gasteiger partial charge on any atom is -0.362 e. The summed E-state index contributed by atoms with van der Waals surface area (Å²) in [6.07, 6.45) is -3.50. The predicted octanol–water partition coefficient (Wildman–Crippen LogP) is 6.26. The van der Waals surface area contributed by atoms with Crippen LogP contribution < -0.4 is 10.6 Å². The minimum atomic E-state index is -4.52. The van der Waals surface area contributed by atoms with Gasteiger partial charge in [0.25, 0.3) is 5.91 Å². The number of aryl methyl sites for hydroxylation is 1. The lowest BCUT2D eigenvalue weighted by molar-refractivity contribution is -0.137. The van der Waals surface area contributed by atoms with E-state index in [9.17, 15) is 22.8 Å². The molecule has 0 spiro atoms. The molecule has 2 aromatic rings. The molecule has 34 heavy (non-hydrogen) atoms. The number of halogens is 3. The van der Waals surface area contributed by atoms with E-state index in [-0.39, 0.29) is 16.9 Å². The number of ketones is 1. The van der Waals surface area contributed by atoms with E-state index in [0.29, 0.717) is 29.7 Å². The Morgan fingerprint density at radius 2 is 1.76 bits per heavy atom. The first-order chi connectivity index (χ1) is 15.9. The first-order valence-corrected chi connectivity index (χ1v) is 11.2. The van der Waals surface area contributed by atoms with E-state index in [1.165, 1.54) is 12.1 Å². The van der Waals surface area contributed by atoms with Crippen molar-refractivity contribution >= 4 is 17.4 Å². The maximum atomic E-state index is 13.5. The Morgan fingerprint density at radius 3 is 2.44 bits per heavy atom. The van der Waals surface area contributed by atoms with Gasteiger partial charge in [-0.25, -0.2) is 0 Å². The molecule has 2 aromatic carbocycles. The normalized spacial score (nSPS) is 20.1. The topological polar surface area (TPSA) is 58.2 Å². The smallest absolute Gasteiger partial charge is 0.362 e. The van der Waals surface area contributed by atoms with Crippen LogP contribution in [0.15, 0.2) is 71.1 Å². The third-order valence-corrected chi connectivity index (χ3v) is 6.43. The van der Waals surface area contributed by atoms with E-state index < -0.39 is 23.6 Å². The number of rotatable bonds is 3. The van der Waals surface area contributed by atoms with E-state index >= 15 is 0 Å². The number of dihydropyridines is 1. The number of carbonyl (C=O) groups is 2. The number of hydrogen-bond donors (Lipinski definition) is 2. The largest absolute Gasteiger partial charge is 0.416 e. The highest BCUT2D eigenvalue weighted by Crippen LogP contribution is 2.47. The van der Waals surface area contributed by atoms with E-state index in [2.05, 4.69) is 10.6 Å². The second kappa shape index (κ2) is 8.46. The Balaban J connectivity index is 1.79. The Labute approximate surface area is 196 Å². The van der Waals surface area contributed by atoms with Gasteiger partial charge >= 0.3 is 6.18 Å². The molecular formula is C27H27F3N2O2. The Kier molecular flexibility index (Phi) is 5.92. The summed E-state index contributed by atoms with van der Waals surface area (Å²) in [6, 6.07) is 12.1. The molecule has 7 heteroatoms. The number of Topliss-reactive ketones (excluding diaryl/α,β-unsaturated/α-hetero) is 1. The second-order valence-corrected chi connectivity index (χ2v) is 9.82. The quantitative estimate of drug-likeness (QED) is 0.559. The molecule has 0 saturated heterocycles. The average Bonchev–Trinajstić information content (AvgIpc) is 2.71. The van der Waals surface area contributed by atoms with Crippen LogP contribution in [0.4, 0.5) is 18.9 Å². The van der Waals surface area contributed by atoms with Crippen LogP contribution in [0.3, 0.4) is 0 Å². The number of anilines is 1. The highest BCUT2D eigenvalue weighted by Gasteiger charge is 2.43. The molecule has 4 rings (SSSR count). The molecule has 0 bridgehead atoms. The minimum absolute atomic E-state index is 0.0242. The van der Waals surface area contributed by atoms with Gasteiger partial charge in [0, 0.05) is 40.6 Å². The summed E-state index contributed by atoms with van der Waals surface area (Å²) in [7, 11) is 0. The third kappa shape index (κ3) is 4.52.